The van der Waals surface area contributed by atoms with Crippen molar-refractivity contribution in [1.82, 2.24) is 5.43 Å². The first-order chi connectivity index (χ1) is 14.2. The standard InChI is InChI=1S/C20H13Cl2F3N2O3/c21-14-4-6-16(22)18(9-14)29-11-19(28)27-26-10-15-5-7-17(30-15)12-2-1-3-13(8-12)20(23,24)25/h1-10H,11H2,(H,27,28). The van der Waals surface area contributed by atoms with Crippen LogP contribution in [0.25, 0.3) is 11.3 Å². The van der Waals surface area contributed by atoms with Gasteiger partial charge in [-0.3, -0.25) is 4.79 Å². The maximum absolute atomic E-state index is 12.8. The maximum atomic E-state index is 12.8. The zero-order valence-corrected chi connectivity index (χ0v) is 16.6. The summed E-state index contributed by atoms with van der Waals surface area (Å²) in [6, 6.07) is 12.3. The molecule has 156 valence electrons. The van der Waals surface area contributed by atoms with Crippen LogP contribution in [0.1, 0.15) is 11.3 Å². The van der Waals surface area contributed by atoms with Crippen LogP contribution >= 0.6 is 23.2 Å². The third-order valence-corrected chi connectivity index (χ3v) is 4.28. The van der Waals surface area contributed by atoms with Gasteiger partial charge in [0.2, 0.25) is 0 Å². The van der Waals surface area contributed by atoms with Crippen molar-refractivity contribution in [2.45, 2.75) is 6.18 Å². The van der Waals surface area contributed by atoms with Crippen LogP contribution in [0.3, 0.4) is 0 Å². The van der Waals surface area contributed by atoms with E-state index in [0.29, 0.717) is 10.0 Å². The lowest BCUT2D eigenvalue weighted by atomic mass is 10.1. The highest BCUT2D eigenvalue weighted by molar-refractivity contribution is 6.34. The molecule has 30 heavy (non-hydrogen) atoms. The van der Waals surface area contributed by atoms with Gasteiger partial charge in [0.05, 0.1) is 16.8 Å². The highest BCUT2D eigenvalue weighted by Gasteiger charge is 2.30. The molecule has 0 saturated heterocycles. The fourth-order valence-corrected chi connectivity index (χ4v) is 2.69. The number of nitrogens with zero attached hydrogens (tertiary/aromatic N) is 1. The lowest BCUT2D eigenvalue weighted by Crippen LogP contribution is -2.24. The van der Waals surface area contributed by atoms with Crippen molar-refractivity contribution in [1.29, 1.82) is 0 Å². The number of amides is 1. The van der Waals surface area contributed by atoms with Gasteiger partial charge in [-0.1, -0.05) is 35.3 Å². The van der Waals surface area contributed by atoms with Crippen LogP contribution in [0.5, 0.6) is 5.75 Å². The van der Waals surface area contributed by atoms with Crippen molar-refractivity contribution in [2.75, 3.05) is 6.61 Å². The Morgan fingerprint density at radius 3 is 2.70 bits per heavy atom. The fraction of sp³-hybridized carbons (Fsp3) is 0.100. The first kappa shape index (κ1) is 21.7. The number of nitrogens with one attached hydrogen (secondary N) is 1. The molecular weight excluding hydrogens is 444 g/mol. The van der Waals surface area contributed by atoms with Crippen molar-refractivity contribution in [2.24, 2.45) is 5.10 Å². The van der Waals surface area contributed by atoms with E-state index in [2.05, 4.69) is 10.5 Å². The molecule has 0 aliphatic rings. The van der Waals surface area contributed by atoms with Crippen molar-refractivity contribution < 1.29 is 27.1 Å². The average molecular weight is 457 g/mol. The Labute approximate surface area is 179 Å². The molecule has 0 spiro atoms. The Bertz CT molecular complexity index is 1080. The van der Waals surface area contributed by atoms with Crippen molar-refractivity contribution in [3.8, 4) is 17.1 Å². The van der Waals surface area contributed by atoms with Crippen LogP contribution < -0.4 is 10.2 Å². The van der Waals surface area contributed by atoms with Gasteiger partial charge in [0, 0.05) is 16.7 Å². The summed E-state index contributed by atoms with van der Waals surface area (Å²) in [6.45, 7) is -0.356. The molecular formula is C20H13Cl2F3N2O3. The van der Waals surface area contributed by atoms with Gasteiger partial charge in [0.25, 0.3) is 5.91 Å². The summed E-state index contributed by atoms with van der Waals surface area (Å²) >= 11 is 11.8. The number of hydrazone groups is 1. The summed E-state index contributed by atoms with van der Waals surface area (Å²) in [7, 11) is 0. The molecule has 0 aliphatic heterocycles. The first-order valence-corrected chi connectivity index (χ1v) is 9.15. The number of benzene rings is 2. The molecule has 3 aromatic rings. The largest absolute Gasteiger partial charge is 0.482 e. The summed E-state index contributed by atoms with van der Waals surface area (Å²) < 4.78 is 49.2. The van der Waals surface area contributed by atoms with E-state index in [1.165, 1.54) is 42.6 Å². The molecule has 0 bridgehead atoms. The summed E-state index contributed by atoms with van der Waals surface area (Å²) in [5, 5.41) is 4.42. The first-order valence-electron chi connectivity index (χ1n) is 8.39. The van der Waals surface area contributed by atoms with E-state index in [4.69, 9.17) is 32.4 Å². The number of furan rings is 1. The Morgan fingerprint density at radius 1 is 1.13 bits per heavy atom. The number of rotatable bonds is 6. The lowest BCUT2D eigenvalue weighted by Gasteiger charge is -2.07. The van der Waals surface area contributed by atoms with Crippen LogP contribution in [-0.2, 0) is 11.0 Å². The van der Waals surface area contributed by atoms with E-state index in [1.807, 2.05) is 0 Å². The summed E-state index contributed by atoms with van der Waals surface area (Å²) in [6.07, 6.45) is -3.24. The van der Waals surface area contributed by atoms with Crippen LogP contribution in [0, 0.1) is 0 Å². The molecule has 1 N–H and O–H groups in total. The number of carbonyl (C=O) groups is 1. The number of hydrogen-bond acceptors (Lipinski definition) is 4. The second-order valence-electron chi connectivity index (χ2n) is 5.94. The summed E-state index contributed by atoms with van der Waals surface area (Å²) in [4.78, 5) is 11.8. The Kier molecular flexibility index (Phi) is 6.69. The highest BCUT2D eigenvalue weighted by atomic mass is 35.5. The van der Waals surface area contributed by atoms with E-state index >= 15 is 0 Å². The second-order valence-corrected chi connectivity index (χ2v) is 6.78. The monoisotopic (exact) mass is 456 g/mol. The zero-order chi connectivity index (χ0) is 21.7. The van der Waals surface area contributed by atoms with Crippen molar-refractivity contribution in [3.63, 3.8) is 0 Å². The van der Waals surface area contributed by atoms with Gasteiger partial charge in [-0.25, -0.2) is 5.43 Å². The van der Waals surface area contributed by atoms with Gasteiger partial charge in [-0.2, -0.15) is 18.3 Å². The van der Waals surface area contributed by atoms with E-state index in [1.54, 1.807) is 6.07 Å². The van der Waals surface area contributed by atoms with Crippen molar-refractivity contribution in [3.05, 3.63) is 76.0 Å². The van der Waals surface area contributed by atoms with Gasteiger partial charge in [-0.05, 0) is 36.4 Å². The minimum absolute atomic E-state index is 0.229. The Balaban J connectivity index is 1.57. The van der Waals surface area contributed by atoms with E-state index in [0.717, 1.165) is 12.1 Å². The highest BCUT2D eigenvalue weighted by Crippen LogP contribution is 2.32. The average Bonchev–Trinajstić information content (AvgIpc) is 3.17. The van der Waals surface area contributed by atoms with Gasteiger partial charge in [0.1, 0.15) is 17.3 Å². The minimum Gasteiger partial charge on any atom is -0.482 e. The number of alkyl halides is 3. The predicted octanol–water partition coefficient (Wildman–Crippen LogP) is 5.80. The quantitative estimate of drug-likeness (QED) is 0.376. The molecule has 0 fully saturated rings. The molecule has 0 atom stereocenters. The van der Waals surface area contributed by atoms with Crippen LogP contribution in [0.15, 0.2) is 64.1 Å². The molecule has 0 unspecified atom stereocenters. The van der Waals surface area contributed by atoms with Gasteiger partial charge < -0.3 is 9.15 Å². The molecule has 1 aromatic heterocycles. The number of ether oxygens (including phenoxy) is 1. The fourth-order valence-electron chi connectivity index (χ4n) is 2.36. The predicted molar refractivity (Wildman–Crippen MR) is 107 cm³/mol. The number of hydrogen-bond donors (Lipinski definition) is 1. The summed E-state index contributed by atoms with van der Waals surface area (Å²) in [5.41, 5.74) is 1.72. The smallest absolute Gasteiger partial charge is 0.416 e. The second kappa shape index (κ2) is 9.23. The van der Waals surface area contributed by atoms with E-state index < -0.39 is 17.6 Å². The maximum Gasteiger partial charge on any atom is 0.416 e. The summed E-state index contributed by atoms with van der Waals surface area (Å²) in [5.74, 6) is 0.154. The lowest BCUT2D eigenvalue weighted by molar-refractivity contribution is -0.137. The van der Waals surface area contributed by atoms with Crippen LogP contribution in [0.4, 0.5) is 13.2 Å². The molecule has 1 heterocycles. The molecule has 1 amide bonds. The minimum atomic E-state index is -4.45. The molecule has 5 nitrogen and oxygen atoms in total. The molecule has 0 saturated carbocycles. The Morgan fingerprint density at radius 2 is 1.93 bits per heavy atom. The third-order valence-electron chi connectivity index (χ3n) is 3.73. The molecule has 10 heteroatoms. The van der Waals surface area contributed by atoms with Gasteiger partial charge in [0.15, 0.2) is 6.61 Å². The van der Waals surface area contributed by atoms with E-state index in [9.17, 15) is 18.0 Å². The zero-order valence-electron chi connectivity index (χ0n) is 15.0. The third kappa shape index (κ3) is 5.77. The van der Waals surface area contributed by atoms with Gasteiger partial charge in [-0.15, -0.1) is 0 Å². The number of carbonyl (C=O) groups excluding carboxylic acids is 1. The van der Waals surface area contributed by atoms with Crippen LogP contribution in [-0.4, -0.2) is 18.7 Å². The van der Waals surface area contributed by atoms with Crippen molar-refractivity contribution >= 4 is 35.3 Å². The molecule has 2 aromatic carbocycles. The van der Waals surface area contributed by atoms with Crippen LogP contribution in [0.2, 0.25) is 10.0 Å². The number of halogens is 5. The molecule has 3 rings (SSSR count). The van der Waals surface area contributed by atoms with Gasteiger partial charge >= 0.3 is 6.18 Å². The molecule has 0 radical (unpaired) electrons. The molecule has 0 aliphatic carbocycles. The Hall–Kier alpha value is -2.97. The topological polar surface area (TPSA) is 63.8 Å². The SMILES string of the molecule is O=C(COc1cc(Cl)ccc1Cl)NN=Cc1ccc(-c2cccc(C(F)(F)F)c2)o1. The van der Waals surface area contributed by atoms with E-state index in [-0.39, 0.29) is 29.4 Å². The normalized spacial score (nSPS) is 11.6.